The number of fused-ring (bicyclic) bond motifs is 1. The van der Waals surface area contributed by atoms with Crippen LogP contribution in [0.1, 0.15) is 17.7 Å². The fourth-order valence-electron chi connectivity index (χ4n) is 3.79. The molecule has 1 atom stereocenters. The van der Waals surface area contributed by atoms with E-state index in [1.165, 1.54) is 0 Å². The van der Waals surface area contributed by atoms with Crippen LogP contribution >= 0.6 is 0 Å². The zero-order valence-electron chi connectivity index (χ0n) is 17.1. The van der Waals surface area contributed by atoms with Crippen molar-refractivity contribution in [2.75, 3.05) is 12.4 Å². The van der Waals surface area contributed by atoms with E-state index in [1.54, 1.807) is 17.8 Å². The smallest absolute Gasteiger partial charge is 0.258 e. The second-order valence-electron chi connectivity index (χ2n) is 7.63. The minimum absolute atomic E-state index is 0.0570. The van der Waals surface area contributed by atoms with Crippen molar-refractivity contribution in [1.82, 2.24) is 14.5 Å². The molecular weight excluding hydrogens is 364 g/mol. The molecule has 29 heavy (non-hydrogen) atoms. The Morgan fingerprint density at radius 1 is 1.14 bits per heavy atom. The number of hydrogen-bond acceptors (Lipinski definition) is 4. The highest BCUT2D eigenvalue weighted by Crippen LogP contribution is 2.27. The van der Waals surface area contributed by atoms with Gasteiger partial charge >= 0.3 is 0 Å². The summed E-state index contributed by atoms with van der Waals surface area (Å²) in [7, 11) is 3.67. The summed E-state index contributed by atoms with van der Waals surface area (Å²) in [5.41, 5.74) is 4.70. The molecule has 1 aliphatic rings. The third-order valence-corrected chi connectivity index (χ3v) is 5.53. The average Bonchev–Trinajstić information content (AvgIpc) is 3.13. The number of aromatic nitrogens is 2. The number of hydrogen-bond donors (Lipinski definition) is 1. The van der Waals surface area contributed by atoms with Gasteiger partial charge in [0, 0.05) is 42.6 Å². The molecule has 1 amide bonds. The van der Waals surface area contributed by atoms with Crippen LogP contribution in [0.2, 0.25) is 0 Å². The Balaban J connectivity index is 1.75. The standard InChI is InChI=1S/C23H24N4O2/c1-14-7-8-17(25-22(28)20-6-5-9-26(20)3)12-18(14)19-11-16-13-24-15(2)10-21(16)27(4)23(19)29/h5,7-13,20H,6H2,1-4H3,(H,25,28). The number of pyridine rings is 2. The predicted molar refractivity (Wildman–Crippen MR) is 116 cm³/mol. The van der Waals surface area contributed by atoms with Gasteiger partial charge in [-0.2, -0.15) is 0 Å². The first-order chi connectivity index (χ1) is 13.8. The van der Waals surface area contributed by atoms with Crippen LogP contribution in [0.5, 0.6) is 0 Å². The van der Waals surface area contributed by atoms with Gasteiger partial charge in [0.25, 0.3) is 5.56 Å². The van der Waals surface area contributed by atoms with E-state index in [0.29, 0.717) is 17.7 Å². The van der Waals surface area contributed by atoms with Gasteiger partial charge in [-0.25, -0.2) is 0 Å². The molecule has 3 aromatic rings. The Labute approximate surface area is 169 Å². The van der Waals surface area contributed by atoms with Gasteiger partial charge in [-0.3, -0.25) is 14.6 Å². The SMILES string of the molecule is Cc1cc2c(cn1)cc(-c1cc(NC(=O)C3CC=CN3C)ccc1C)c(=O)n2C. The molecule has 1 unspecified atom stereocenters. The van der Waals surface area contributed by atoms with Gasteiger partial charge in [-0.1, -0.05) is 12.1 Å². The minimum atomic E-state index is -0.206. The van der Waals surface area contributed by atoms with Crippen molar-refractivity contribution in [3.8, 4) is 11.1 Å². The van der Waals surface area contributed by atoms with Crippen LogP contribution < -0.4 is 10.9 Å². The van der Waals surface area contributed by atoms with Crippen molar-refractivity contribution in [2.24, 2.45) is 7.05 Å². The van der Waals surface area contributed by atoms with Gasteiger partial charge in [-0.05, 0) is 61.9 Å². The molecule has 3 heterocycles. The van der Waals surface area contributed by atoms with E-state index in [4.69, 9.17) is 0 Å². The van der Waals surface area contributed by atoms with Gasteiger partial charge < -0.3 is 14.8 Å². The van der Waals surface area contributed by atoms with Crippen LogP contribution in [-0.4, -0.2) is 33.4 Å². The number of anilines is 1. The van der Waals surface area contributed by atoms with E-state index < -0.39 is 0 Å². The van der Waals surface area contributed by atoms with Gasteiger partial charge in [0.1, 0.15) is 6.04 Å². The minimum Gasteiger partial charge on any atom is -0.369 e. The lowest BCUT2D eigenvalue weighted by Crippen LogP contribution is -2.36. The molecule has 6 nitrogen and oxygen atoms in total. The number of aryl methyl sites for hydroxylation is 3. The number of benzene rings is 1. The van der Waals surface area contributed by atoms with Gasteiger partial charge in [-0.15, -0.1) is 0 Å². The van der Waals surface area contributed by atoms with Crippen molar-refractivity contribution in [3.63, 3.8) is 0 Å². The third kappa shape index (κ3) is 3.42. The van der Waals surface area contributed by atoms with E-state index in [0.717, 1.165) is 27.7 Å². The molecule has 0 radical (unpaired) electrons. The highest BCUT2D eigenvalue weighted by Gasteiger charge is 2.24. The number of carbonyl (C=O) groups is 1. The normalized spacial score (nSPS) is 15.9. The lowest BCUT2D eigenvalue weighted by molar-refractivity contribution is -0.119. The highest BCUT2D eigenvalue weighted by atomic mass is 16.2. The molecule has 4 rings (SSSR count). The molecule has 1 aromatic carbocycles. The molecule has 0 saturated carbocycles. The zero-order valence-corrected chi connectivity index (χ0v) is 17.1. The van der Waals surface area contributed by atoms with Crippen molar-refractivity contribution >= 4 is 22.5 Å². The van der Waals surface area contributed by atoms with Crippen LogP contribution in [0.3, 0.4) is 0 Å². The highest BCUT2D eigenvalue weighted by molar-refractivity contribution is 5.96. The van der Waals surface area contributed by atoms with E-state index in [-0.39, 0.29) is 17.5 Å². The molecule has 1 aliphatic heterocycles. The number of amides is 1. The Morgan fingerprint density at radius 2 is 1.93 bits per heavy atom. The second kappa shape index (κ2) is 7.20. The summed E-state index contributed by atoms with van der Waals surface area (Å²) in [6.45, 7) is 3.87. The first-order valence-corrected chi connectivity index (χ1v) is 9.62. The monoisotopic (exact) mass is 388 g/mol. The molecular formula is C23H24N4O2. The van der Waals surface area contributed by atoms with Crippen molar-refractivity contribution < 1.29 is 4.79 Å². The topological polar surface area (TPSA) is 67.2 Å². The fourth-order valence-corrected chi connectivity index (χ4v) is 3.79. The number of nitrogens with one attached hydrogen (secondary N) is 1. The van der Waals surface area contributed by atoms with Gasteiger partial charge in [0.15, 0.2) is 0 Å². The van der Waals surface area contributed by atoms with E-state index in [9.17, 15) is 9.59 Å². The van der Waals surface area contributed by atoms with Crippen LogP contribution in [-0.2, 0) is 11.8 Å². The number of carbonyl (C=O) groups excluding carboxylic acids is 1. The molecule has 0 fully saturated rings. The maximum absolute atomic E-state index is 13.1. The van der Waals surface area contributed by atoms with E-state index >= 15 is 0 Å². The molecule has 0 bridgehead atoms. The van der Waals surface area contributed by atoms with E-state index in [2.05, 4.69) is 10.3 Å². The fraction of sp³-hybridized carbons (Fsp3) is 0.261. The lowest BCUT2D eigenvalue weighted by Gasteiger charge is -2.20. The third-order valence-electron chi connectivity index (χ3n) is 5.53. The summed E-state index contributed by atoms with van der Waals surface area (Å²) in [5, 5.41) is 3.89. The van der Waals surface area contributed by atoms with Crippen molar-refractivity contribution in [1.29, 1.82) is 0 Å². The first-order valence-electron chi connectivity index (χ1n) is 9.62. The predicted octanol–water partition coefficient (Wildman–Crippen LogP) is 3.37. The average molecular weight is 388 g/mol. The second-order valence-corrected chi connectivity index (χ2v) is 7.63. The maximum Gasteiger partial charge on any atom is 0.258 e. The van der Waals surface area contributed by atoms with E-state index in [1.807, 2.05) is 68.4 Å². The molecule has 6 heteroatoms. The van der Waals surface area contributed by atoms with Crippen molar-refractivity contribution in [3.05, 3.63) is 70.4 Å². The van der Waals surface area contributed by atoms with Gasteiger partial charge in [0.05, 0.1) is 5.52 Å². The van der Waals surface area contributed by atoms with Crippen LogP contribution in [0.4, 0.5) is 5.69 Å². The van der Waals surface area contributed by atoms with Crippen LogP contribution in [0.15, 0.2) is 53.6 Å². The van der Waals surface area contributed by atoms with Crippen LogP contribution in [0, 0.1) is 13.8 Å². The molecule has 0 spiro atoms. The van der Waals surface area contributed by atoms with Gasteiger partial charge in [0.2, 0.25) is 5.91 Å². The quantitative estimate of drug-likeness (QED) is 0.747. The Hall–Kier alpha value is -3.41. The van der Waals surface area contributed by atoms with Crippen molar-refractivity contribution in [2.45, 2.75) is 26.3 Å². The number of rotatable bonds is 3. The molecule has 1 N–H and O–H groups in total. The lowest BCUT2D eigenvalue weighted by atomic mass is 9.99. The summed E-state index contributed by atoms with van der Waals surface area (Å²) in [6, 6.07) is 9.26. The summed E-state index contributed by atoms with van der Waals surface area (Å²) >= 11 is 0. The summed E-state index contributed by atoms with van der Waals surface area (Å²) in [4.78, 5) is 32.0. The summed E-state index contributed by atoms with van der Waals surface area (Å²) in [5.74, 6) is -0.0570. The zero-order chi connectivity index (χ0) is 20.7. The molecule has 2 aromatic heterocycles. The number of nitrogens with zero attached hydrogens (tertiary/aromatic N) is 3. The van der Waals surface area contributed by atoms with Crippen LogP contribution in [0.25, 0.3) is 22.0 Å². The maximum atomic E-state index is 13.1. The molecule has 0 saturated heterocycles. The summed E-state index contributed by atoms with van der Waals surface area (Å²) in [6.07, 6.45) is 6.38. The molecule has 0 aliphatic carbocycles. The first kappa shape index (κ1) is 18.9. The Kier molecular flexibility index (Phi) is 4.70. The number of likely N-dealkylation sites (N-methyl/N-ethyl adjacent to an activating group) is 1. The Bertz CT molecular complexity index is 1210. The molecule has 148 valence electrons. The largest absolute Gasteiger partial charge is 0.369 e. The Morgan fingerprint density at radius 3 is 2.66 bits per heavy atom. The summed E-state index contributed by atoms with van der Waals surface area (Å²) < 4.78 is 1.66.